The lowest BCUT2D eigenvalue weighted by Crippen LogP contribution is -3.14. The number of hydrogen-bond acceptors (Lipinski definition) is 5. The molecular formula is C22H32N3O3S+. The maximum Gasteiger partial charge on any atom is 0.311 e. The van der Waals surface area contributed by atoms with Crippen molar-refractivity contribution in [2.24, 2.45) is 4.99 Å². The number of carbonyl (C=O) groups is 1. The van der Waals surface area contributed by atoms with Gasteiger partial charge in [0.2, 0.25) is 0 Å². The van der Waals surface area contributed by atoms with E-state index in [-0.39, 0.29) is 12.4 Å². The molecule has 1 aliphatic rings. The number of para-hydroxylation sites is 1. The number of nitrogens with one attached hydrogen (secondary N) is 1. The van der Waals surface area contributed by atoms with Gasteiger partial charge in [0.25, 0.3) is 0 Å². The van der Waals surface area contributed by atoms with E-state index in [1.165, 1.54) is 0 Å². The van der Waals surface area contributed by atoms with Crippen LogP contribution in [0, 0.1) is 13.8 Å². The highest BCUT2D eigenvalue weighted by atomic mass is 32.1. The molecule has 1 aliphatic heterocycles. The Morgan fingerprint density at radius 2 is 2.00 bits per heavy atom. The molecule has 2 heterocycles. The zero-order valence-electron chi connectivity index (χ0n) is 17.7. The predicted octanol–water partition coefficient (Wildman–Crippen LogP) is 1.81. The Morgan fingerprint density at radius 3 is 2.69 bits per heavy atom. The molecule has 1 N–H and O–H groups in total. The molecule has 0 saturated carbocycles. The topological polar surface area (TPSA) is 57.3 Å². The summed E-state index contributed by atoms with van der Waals surface area (Å²) in [4.78, 5) is 19.6. The summed E-state index contributed by atoms with van der Waals surface area (Å²) in [6, 6.07) is 6.24. The molecule has 1 fully saturated rings. The summed E-state index contributed by atoms with van der Waals surface area (Å²) >= 11 is 1.60. The molecule has 0 unspecified atom stereocenters. The fourth-order valence-electron chi connectivity index (χ4n) is 3.67. The molecule has 1 aromatic carbocycles. The zero-order valence-corrected chi connectivity index (χ0v) is 18.5. The zero-order chi connectivity index (χ0) is 20.6. The van der Waals surface area contributed by atoms with E-state index < -0.39 is 0 Å². The quantitative estimate of drug-likeness (QED) is 0.666. The summed E-state index contributed by atoms with van der Waals surface area (Å²) in [5, 5.41) is 2.05. The van der Waals surface area contributed by atoms with Gasteiger partial charge < -0.3 is 18.9 Å². The number of hydrogen-bond donors (Lipinski definition) is 1. The van der Waals surface area contributed by atoms with Crippen LogP contribution >= 0.6 is 11.3 Å². The van der Waals surface area contributed by atoms with Gasteiger partial charge in [-0.25, -0.2) is 4.99 Å². The van der Waals surface area contributed by atoms with Gasteiger partial charge in [-0.2, -0.15) is 0 Å². The van der Waals surface area contributed by atoms with Crippen molar-refractivity contribution >= 4 is 23.0 Å². The van der Waals surface area contributed by atoms with Gasteiger partial charge in [-0.05, 0) is 31.9 Å². The highest BCUT2D eigenvalue weighted by Gasteiger charge is 2.15. The third-order valence-corrected chi connectivity index (χ3v) is 6.18. The Balaban J connectivity index is 1.84. The number of morpholine rings is 1. The molecule has 0 spiro atoms. The fourth-order valence-corrected chi connectivity index (χ4v) is 4.60. The van der Waals surface area contributed by atoms with Crippen LogP contribution in [0.5, 0.6) is 0 Å². The van der Waals surface area contributed by atoms with Crippen LogP contribution in [0.15, 0.2) is 28.6 Å². The van der Waals surface area contributed by atoms with E-state index in [1.54, 1.807) is 16.2 Å². The molecule has 6 nitrogen and oxygen atoms in total. The molecular weight excluding hydrogens is 386 g/mol. The van der Waals surface area contributed by atoms with Gasteiger partial charge in [-0.1, -0.05) is 18.2 Å². The predicted molar refractivity (Wildman–Crippen MR) is 115 cm³/mol. The van der Waals surface area contributed by atoms with Crippen LogP contribution in [-0.2, 0) is 27.2 Å². The van der Waals surface area contributed by atoms with Crippen molar-refractivity contribution in [3.63, 3.8) is 0 Å². The van der Waals surface area contributed by atoms with Crippen molar-refractivity contribution in [1.82, 2.24) is 4.57 Å². The molecule has 2 aromatic rings. The highest BCUT2D eigenvalue weighted by molar-refractivity contribution is 7.07. The van der Waals surface area contributed by atoms with Gasteiger partial charge in [-0.15, -0.1) is 11.3 Å². The number of ether oxygens (including phenoxy) is 2. The molecule has 0 bridgehead atoms. The van der Waals surface area contributed by atoms with Gasteiger partial charge in [0.05, 0.1) is 38.5 Å². The van der Waals surface area contributed by atoms with Gasteiger partial charge in [0.1, 0.15) is 13.1 Å². The molecule has 0 amide bonds. The van der Waals surface area contributed by atoms with Crippen LogP contribution < -0.4 is 9.70 Å². The molecule has 0 aliphatic carbocycles. The van der Waals surface area contributed by atoms with Crippen LogP contribution in [0.25, 0.3) is 0 Å². The molecule has 0 radical (unpaired) electrons. The molecule has 1 aromatic heterocycles. The Morgan fingerprint density at radius 1 is 1.28 bits per heavy atom. The van der Waals surface area contributed by atoms with Crippen molar-refractivity contribution < 1.29 is 19.2 Å². The Hall–Kier alpha value is -1.96. The first-order valence-corrected chi connectivity index (χ1v) is 11.3. The van der Waals surface area contributed by atoms with Gasteiger partial charge in [0, 0.05) is 24.0 Å². The minimum atomic E-state index is -0.184. The maximum atomic E-state index is 12.1. The lowest BCUT2D eigenvalue weighted by molar-refractivity contribution is -0.908. The third kappa shape index (κ3) is 6.01. The first kappa shape index (κ1) is 21.7. The lowest BCUT2D eigenvalue weighted by atomic mass is 10.1. The summed E-state index contributed by atoms with van der Waals surface area (Å²) in [5.41, 5.74) is 4.32. The summed E-state index contributed by atoms with van der Waals surface area (Å²) in [6.07, 6.45) is 1.33. The van der Waals surface area contributed by atoms with Crippen molar-refractivity contribution in [2.75, 3.05) is 39.5 Å². The summed E-state index contributed by atoms with van der Waals surface area (Å²) < 4.78 is 12.8. The smallest absolute Gasteiger partial charge is 0.311 e. The van der Waals surface area contributed by atoms with E-state index in [2.05, 4.69) is 36.6 Å². The number of nitrogens with zero attached hydrogens (tertiary/aromatic N) is 2. The van der Waals surface area contributed by atoms with Crippen LogP contribution in [0.2, 0.25) is 0 Å². The molecule has 7 heteroatoms. The number of benzene rings is 1. The largest absolute Gasteiger partial charge is 0.466 e. The van der Waals surface area contributed by atoms with E-state index in [4.69, 9.17) is 14.5 Å². The van der Waals surface area contributed by atoms with Crippen molar-refractivity contribution in [1.29, 1.82) is 0 Å². The molecule has 29 heavy (non-hydrogen) atoms. The average molecular weight is 419 g/mol. The lowest BCUT2D eigenvalue weighted by Gasteiger charge is -2.23. The maximum absolute atomic E-state index is 12.1. The fraction of sp³-hybridized carbons (Fsp3) is 0.545. The monoisotopic (exact) mass is 418 g/mol. The summed E-state index contributed by atoms with van der Waals surface area (Å²) in [5.74, 6) is -0.184. The van der Waals surface area contributed by atoms with Gasteiger partial charge in [0.15, 0.2) is 4.80 Å². The van der Waals surface area contributed by atoms with E-state index in [0.717, 1.165) is 73.1 Å². The molecule has 158 valence electrons. The normalized spacial score (nSPS) is 15.6. The van der Waals surface area contributed by atoms with Crippen LogP contribution in [0.4, 0.5) is 5.69 Å². The second-order valence-corrected chi connectivity index (χ2v) is 8.30. The number of quaternary nitrogens is 1. The number of aryl methyl sites for hydroxylation is 2. The number of carbonyl (C=O) groups excluding carboxylic acids is 1. The Labute approximate surface area is 176 Å². The number of esters is 1. The SMILES string of the molecule is CCOC(=O)Cc1csc(=Nc2c(C)cccc2C)n1CCC[NH+]1CCOCC1. The van der Waals surface area contributed by atoms with Crippen molar-refractivity contribution in [2.45, 2.75) is 40.2 Å². The van der Waals surface area contributed by atoms with Gasteiger partial charge >= 0.3 is 5.97 Å². The van der Waals surface area contributed by atoms with E-state index in [1.807, 2.05) is 12.3 Å². The van der Waals surface area contributed by atoms with Crippen LogP contribution in [0.3, 0.4) is 0 Å². The van der Waals surface area contributed by atoms with E-state index >= 15 is 0 Å². The minimum Gasteiger partial charge on any atom is -0.466 e. The standard InChI is InChI=1S/C22H31N3O3S/c1-4-28-20(26)15-19-16-29-22(23-21-17(2)7-5-8-18(21)3)25(19)10-6-9-24-11-13-27-14-12-24/h5,7-8,16H,4,6,9-15H2,1-3H3/p+1. The molecule has 3 rings (SSSR count). The van der Waals surface area contributed by atoms with Crippen LogP contribution in [0.1, 0.15) is 30.2 Å². The van der Waals surface area contributed by atoms with Gasteiger partial charge in [-0.3, -0.25) is 4.79 Å². The average Bonchev–Trinajstić information content (AvgIpc) is 3.07. The van der Waals surface area contributed by atoms with Crippen molar-refractivity contribution in [3.8, 4) is 0 Å². The summed E-state index contributed by atoms with van der Waals surface area (Å²) in [7, 11) is 0. The summed E-state index contributed by atoms with van der Waals surface area (Å²) in [6.45, 7) is 12.2. The molecule has 1 saturated heterocycles. The first-order chi connectivity index (χ1) is 14.1. The third-order valence-electron chi connectivity index (χ3n) is 5.27. The first-order valence-electron chi connectivity index (χ1n) is 10.4. The number of thiazole rings is 1. The van der Waals surface area contributed by atoms with E-state index in [9.17, 15) is 4.79 Å². The Kier molecular flexibility index (Phi) is 8.03. The van der Waals surface area contributed by atoms with E-state index in [0.29, 0.717) is 6.61 Å². The highest BCUT2D eigenvalue weighted by Crippen LogP contribution is 2.22. The molecule has 0 atom stereocenters. The number of aromatic nitrogens is 1. The Bertz CT molecular complexity index is 861. The number of rotatable bonds is 8. The van der Waals surface area contributed by atoms with Crippen LogP contribution in [-0.4, -0.2) is 50.0 Å². The minimum absolute atomic E-state index is 0.184. The second kappa shape index (κ2) is 10.7. The second-order valence-electron chi connectivity index (χ2n) is 7.46. The van der Waals surface area contributed by atoms with Crippen molar-refractivity contribution in [3.05, 3.63) is 45.2 Å².